The number of benzene rings is 2. The third kappa shape index (κ3) is 4.99. The number of nitrogens with one attached hydrogen (secondary N) is 1. The largest absolute Gasteiger partial charge is 0.493 e. The lowest BCUT2D eigenvalue weighted by atomic mass is 10.1. The monoisotopic (exact) mass is 432 g/mol. The van der Waals surface area contributed by atoms with E-state index in [4.69, 9.17) is 25.8 Å². The number of thiazole rings is 1. The maximum absolute atomic E-state index is 12.5. The summed E-state index contributed by atoms with van der Waals surface area (Å²) in [6.07, 6.45) is 0.625. The third-order valence-electron chi connectivity index (χ3n) is 4.24. The molecule has 0 radical (unpaired) electrons. The van der Waals surface area contributed by atoms with E-state index in [1.807, 2.05) is 29.6 Å². The molecular weight excluding hydrogens is 412 g/mol. The van der Waals surface area contributed by atoms with E-state index >= 15 is 0 Å². The summed E-state index contributed by atoms with van der Waals surface area (Å²) in [4.78, 5) is 17.2. The van der Waals surface area contributed by atoms with Gasteiger partial charge in [0.25, 0.3) is 5.91 Å². The molecule has 0 aliphatic carbocycles. The lowest BCUT2D eigenvalue weighted by molar-refractivity contribution is 0.0953. The lowest BCUT2D eigenvalue weighted by Crippen LogP contribution is -2.25. The summed E-state index contributed by atoms with van der Waals surface area (Å²) in [5.41, 5.74) is 2.37. The van der Waals surface area contributed by atoms with Gasteiger partial charge in [0.05, 0.1) is 27.0 Å². The van der Waals surface area contributed by atoms with Crippen LogP contribution in [0.1, 0.15) is 16.1 Å². The number of aromatic nitrogens is 1. The molecule has 152 valence electrons. The van der Waals surface area contributed by atoms with Gasteiger partial charge in [-0.3, -0.25) is 4.79 Å². The molecule has 1 N–H and O–H groups in total. The summed E-state index contributed by atoms with van der Waals surface area (Å²) in [5, 5.41) is 6.51. The van der Waals surface area contributed by atoms with Crippen LogP contribution in [0.2, 0.25) is 5.02 Å². The first-order valence-corrected chi connectivity index (χ1v) is 10.1. The molecule has 0 spiro atoms. The van der Waals surface area contributed by atoms with Crippen LogP contribution in [0.5, 0.6) is 17.2 Å². The van der Waals surface area contributed by atoms with Gasteiger partial charge in [-0.2, -0.15) is 0 Å². The van der Waals surface area contributed by atoms with Crippen LogP contribution in [0, 0.1) is 0 Å². The summed E-state index contributed by atoms with van der Waals surface area (Å²) < 4.78 is 15.9. The van der Waals surface area contributed by atoms with Gasteiger partial charge in [0.1, 0.15) is 5.01 Å². The number of rotatable bonds is 8. The highest BCUT2D eigenvalue weighted by molar-refractivity contribution is 7.13. The number of hydrogen-bond donors (Lipinski definition) is 1. The van der Waals surface area contributed by atoms with E-state index in [0.29, 0.717) is 40.8 Å². The van der Waals surface area contributed by atoms with Gasteiger partial charge < -0.3 is 19.5 Å². The minimum absolute atomic E-state index is 0.225. The molecule has 3 aromatic rings. The predicted molar refractivity (Wildman–Crippen MR) is 115 cm³/mol. The van der Waals surface area contributed by atoms with Gasteiger partial charge in [-0.15, -0.1) is 11.3 Å². The first-order valence-electron chi connectivity index (χ1n) is 8.84. The van der Waals surface area contributed by atoms with Crippen molar-refractivity contribution < 1.29 is 19.0 Å². The molecule has 2 aromatic carbocycles. The van der Waals surface area contributed by atoms with E-state index in [1.165, 1.54) is 21.3 Å². The Bertz CT molecular complexity index is 964. The fraction of sp³-hybridized carbons (Fsp3) is 0.238. The van der Waals surface area contributed by atoms with Gasteiger partial charge in [0.2, 0.25) is 5.75 Å². The Balaban J connectivity index is 1.62. The number of nitrogens with zero attached hydrogens (tertiary/aromatic N) is 1. The topological polar surface area (TPSA) is 69.7 Å². The number of carbonyl (C=O) groups excluding carboxylic acids is 1. The molecule has 8 heteroatoms. The van der Waals surface area contributed by atoms with Gasteiger partial charge in [0.15, 0.2) is 11.5 Å². The Morgan fingerprint density at radius 2 is 1.72 bits per heavy atom. The van der Waals surface area contributed by atoms with Crippen molar-refractivity contribution in [2.45, 2.75) is 6.42 Å². The summed E-state index contributed by atoms with van der Waals surface area (Å²) in [5.74, 6) is 1.09. The first-order chi connectivity index (χ1) is 14.0. The molecule has 0 bridgehead atoms. The number of halogens is 1. The van der Waals surface area contributed by atoms with Crippen LogP contribution in [0.15, 0.2) is 41.8 Å². The minimum atomic E-state index is -0.225. The molecule has 0 aliphatic heterocycles. The molecular formula is C21H21ClN2O4S. The number of amides is 1. The molecule has 0 unspecified atom stereocenters. The molecule has 0 saturated heterocycles. The van der Waals surface area contributed by atoms with E-state index in [9.17, 15) is 4.79 Å². The van der Waals surface area contributed by atoms with Crippen LogP contribution < -0.4 is 19.5 Å². The van der Waals surface area contributed by atoms with Gasteiger partial charge in [-0.05, 0) is 24.3 Å². The molecule has 1 aromatic heterocycles. The van der Waals surface area contributed by atoms with Crippen molar-refractivity contribution in [1.82, 2.24) is 10.3 Å². The van der Waals surface area contributed by atoms with Crippen molar-refractivity contribution in [2.75, 3.05) is 27.9 Å². The normalized spacial score (nSPS) is 10.5. The van der Waals surface area contributed by atoms with Crippen molar-refractivity contribution in [2.24, 2.45) is 0 Å². The highest BCUT2D eigenvalue weighted by Gasteiger charge is 2.17. The van der Waals surface area contributed by atoms with E-state index < -0.39 is 0 Å². The van der Waals surface area contributed by atoms with Crippen LogP contribution in [-0.2, 0) is 6.42 Å². The Morgan fingerprint density at radius 3 is 2.31 bits per heavy atom. The fourth-order valence-electron chi connectivity index (χ4n) is 2.77. The predicted octanol–water partition coefficient (Wildman–Crippen LogP) is 4.46. The molecule has 0 aliphatic rings. The molecule has 0 saturated carbocycles. The van der Waals surface area contributed by atoms with Crippen LogP contribution in [0.4, 0.5) is 0 Å². The number of hydrogen-bond acceptors (Lipinski definition) is 6. The van der Waals surface area contributed by atoms with Crippen molar-refractivity contribution in [1.29, 1.82) is 0 Å². The van der Waals surface area contributed by atoms with Crippen molar-refractivity contribution in [3.05, 3.63) is 58.1 Å². The molecule has 0 atom stereocenters. The summed E-state index contributed by atoms with van der Waals surface area (Å²) in [7, 11) is 4.55. The van der Waals surface area contributed by atoms with E-state index in [-0.39, 0.29) is 5.91 Å². The molecule has 29 heavy (non-hydrogen) atoms. The smallest absolute Gasteiger partial charge is 0.251 e. The Labute approximate surface area is 178 Å². The minimum Gasteiger partial charge on any atom is -0.493 e. The quantitative estimate of drug-likeness (QED) is 0.569. The van der Waals surface area contributed by atoms with Crippen LogP contribution in [-0.4, -0.2) is 38.8 Å². The highest BCUT2D eigenvalue weighted by Crippen LogP contribution is 2.38. The summed E-state index contributed by atoms with van der Waals surface area (Å²) in [6, 6.07) is 10.8. The number of carbonyl (C=O) groups is 1. The standard InChI is InChI=1S/C21H21ClN2O4S/c1-26-17-10-14(11-18(27-2)19(17)28-3)20(25)23-9-8-16-12-29-21(24-16)13-4-6-15(22)7-5-13/h4-7,10-12H,8-9H2,1-3H3,(H,23,25). The van der Waals surface area contributed by atoms with Gasteiger partial charge in [-0.1, -0.05) is 23.7 Å². The zero-order valence-electron chi connectivity index (χ0n) is 16.3. The molecule has 3 rings (SSSR count). The number of ether oxygens (including phenoxy) is 3. The SMILES string of the molecule is COc1cc(C(=O)NCCc2csc(-c3ccc(Cl)cc3)n2)cc(OC)c1OC. The van der Waals surface area contributed by atoms with Gasteiger partial charge in [-0.25, -0.2) is 4.98 Å². The second-order valence-corrected chi connectivity index (χ2v) is 7.37. The van der Waals surface area contributed by atoms with Crippen molar-refractivity contribution in [3.8, 4) is 27.8 Å². The maximum Gasteiger partial charge on any atom is 0.251 e. The molecule has 1 amide bonds. The third-order valence-corrected chi connectivity index (χ3v) is 5.43. The van der Waals surface area contributed by atoms with Crippen LogP contribution in [0.25, 0.3) is 10.6 Å². The van der Waals surface area contributed by atoms with Crippen molar-refractivity contribution in [3.63, 3.8) is 0 Å². The van der Waals surface area contributed by atoms with E-state index in [2.05, 4.69) is 10.3 Å². The Morgan fingerprint density at radius 1 is 1.07 bits per heavy atom. The molecule has 6 nitrogen and oxygen atoms in total. The summed E-state index contributed by atoms with van der Waals surface area (Å²) >= 11 is 7.49. The highest BCUT2D eigenvalue weighted by atomic mass is 35.5. The van der Waals surface area contributed by atoms with Crippen LogP contribution >= 0.6 is 22.9 Å². The first kappa shape index (κ1) is 21.0. The van der Waals surface area contributed by atoms with Gasteiger partial charge in [0, 0.05) is 34.5 Å². The summed E-state index contributed by atoms with van der Waals surface area (Å²) in [6.45, 7) is 0.458. The fourth-order valence-corrected chi connectivity index (χ4v) is 3.75. The van der Waals surface area contributed by atoms with Gasteiger partial charge >= 0.3 is 0 Å². The second kappa shape index (κ2) is 9.62. The second-order valence-electron chi connectivity index (χ2n) is 6.07. The average Bonchev–Trinajstić information content (AvgIpc) is 3.21. The number of methoxy groups -OCH3 is 3. The van der Waals surface area contributed by atoms with E-state index in [0.717, 1.165) is 16.3 Å². The lowest BCUT2D eigenvalue weighted by Gasteiger charge is -2.14. The molecule has 1 heterocycles. The average molecular weight is 433 g/mol. The van der Waals surface area contributed by atoms with Crippen molar-refractivity contribution >= 4 is 28.8 Å². The van der Waals surface area contributed by atoms with Crippen LogP contribution in [0.3, 0.4) is 0 Å². The zero-order valence-corrected chi connectivity index (χ0v) is 17.9. The molecule has 0 fully saturated rings. The Hall–Kier alpha value is -2.77. The zero-order chi connectivity index (χ0) is 20.8. The Kier molecular flexibility index (Phi) is 6.95. The maximum atomic E-state index is 12.5. The van der Waals surface area contributed by atoms with E-state index in [1.54, 1.807) is 23.5 Å².